The van der Waals surface area contributed by atoms with Gasteiger partial charge in [0.2, 0.25) is 0 Å². The third-order valence-corrected chi connectivity index (χ3v) is 1.67. The number of halogens is 1. The Morgan fingerprint density at radius 3 is 2.56 bits per heavy atom. The summed E-state index contributed by atoms with van der Waals surface area (Å²) in [6.07, 6.45) is 0.612. The smallest absolute Gasteiger partial charge is 0.263 e. The molecule has 0 radical (unpaired) electrons. The Morgan fingerprint density at radius 1 is 1.67 bits per heavy atom. The molecule has 9 heavy (non-hydrogen) atoms. The van der Waals surface area contributed by atoms with Gasteiger partial charge in [-0.2, -0.15) is 0 Å². The van der Waals surface area contributed by atoms with Crippen molar-refractivity contribution in [1.29, 1.82) is 0 Å². The van der Waals surface area contributed by atoms with Crippen LogP contribution in [0.1, 0.15) is 12.8 Å². The Labute approximate surface area is 57.3 Å². The molecule has 1 heterocycles. The molecule has 0 aromatic rings. The zero-order chi connectivity index (χ0) is 6.85. The molecule has 1 fully saturated rings. The molecule has 0 saturated carbocycles. The van der Waals surface area contributed by atoms with Gasteiger partial charge >= 0.3 is 0 Å². The van der Waals surface area contributed by atoms with E-state index in [0.717, 1.165) is 0 Å². The number of rotatable bonds is 1. The average Bonchev–Trinajstić information content (AvgIpc) is 2.14. The van der Waals surface area contributed by atoms with E-state index >= 15 is 0 Å². The van der Waals surface area contributed by atoms with Crippen LogP contribution in [0.2, 0.25) is 0 Å². The lowest BCUT2D eigenvalue weighted by molar-refractivity contribution is -0.526. The van der Waals surface area contributed by atoms with Crippen molar-refractivity contribution in [2.45, 2.75) is 24.5 Å². The molecule has 1 rings (SSSR count). The van der Waals surface area contributed by atoms with Gasteiger partial charge in [0.1, 0.15) is 0 Å². The molecule has 0 amide bonds. The first kappa shape index (κ1) is 6.77. The van der Waals surface area contributed by atoms with Gasteiger partial charge in [-0.05, 0) is 6.42 Å². The Hall–Kier alpha value is -0.350. The molecule has 1 saturated heterocycles. The summed E-state index contributed by atoms with van der Waals surface area (Å²) in [6.45, 7) is 0. The highest BCUT2D eigenvalue weighted by Crippen LogP contribution is 2.14. The fraction of sp³-hybridized carbons (Fsp3) is 1.00. The van der Waals surface area contributed by atoms with Gasteiger partial charge in [-0.15, -0.1) is 11.6 Å². The van der Waals surface area contributed by atoms with Crippen LogP contribution in [0.5, 0.6) is 0 Å². The van der Waals surface area contributed by atoms with Crippen molar-refractivity contribution in [3.8, 4) is 0 Å². The molecule has 0 bridgehead atoms. The number of nitro groups is 1. The van der Waals surface area contributed by atoms with E-state index in [1.165, 1.54) is 0 Å². The molecule has 4 nitrogen and oxygen atoms in total. The summed E-state index contributed by atoms with van der Waals surface area (Å²) in [5.41, 5.74) is -0.208. The van der Waals surface area contributed by atoms with Gasteiger partial charge in [-0.25, -0.2) is 5.32 Å². The van der Waals surface area contributed by atoms with Crippen LogP contribution in [0.25, 0.3) is 0 Å². The van der Waals surface area contributed by atoms with E-state index in [4.69, 9.17) is 11.6 Å². The number of nitrogens with one attached hydrogen (secondary N) is 1. The summed E-state index contributed by atoms with van der Waals surface area (Å²) in [6, 6.07) is 0. The molecule has 2 atom stereocenters. The monoisotopic (exact) mass is 150 g/mol. The molecule has 0 aromatic carbocycles. The van der Waals surface area contributed by atoms with E-state index in [9.17, 15) is 10.1 Å². The Bertz CT molecular complexity index is 130. The van der Waals surface area contributed by atoms with Gasteiger partial charge in [0.15, 0.2) is 0 Å². The van der Waals surface area contributed by atoms with Crippen LogP contribution >= 0.6 is 11.6 Å². The summed E-state index contributed by atoms with van der Waals surface area (Å²) in [4.78, 5) is 9.69. The highest BCUT2D eigenvalue weighted by atomic mass is 35.5. The maximum Gasteiger partial charge on any atom is 0.267 e. The van der Waals surface area contributed by atoms with E-state index in [1.54, 1.807) is 0 Å². The summed E-state index contributed by atoms with van der Waals surface area (Å²) in [5, 5.41) is 12.7. The largest absolute Gasteiger partial charge is 0.267 e. The van der Waals surface area contributed by atoms with Gasteiger partial charge in [0.05, 0.1) is 5.50 Å². The minimum atomic E-state index is -0.618. The van der Waals surface area contributed by atoms with Crippen molar-refractivity contribution in [3.05, 3.63) is 10.1 Å². The SMILES string of the molecule is O=[N+]([O-])C1CCC(Cl)N1. The zero-order valence-electron chi connectivity index (χ0n) is 4.71. The minimum Gasteiger partial charge on any atom is -0.263 e. The zero-order valence-corrected chi connectivity index (χ0v) is 5.47. The molecule has 2 unspecified atom stereocenters. The molecule has 0 spiro atoms. The van der Waals surface area contributed by atoms with Crippen LogP contribution in [0, 0.1) is 10.1 Å². The summed E-state index contributed by atoms with van der Waals surface area (Å²) >= 11 is 5.54. The van der Waals surface area contributed by atoms with Gasteiger partial charge in [-0.3, -0.25) is 10.1 Å². The fourth-order valence-electron chi connectivity index (χ4n) is 0.846. The molecule has 1 N–H and O–H groups in total. The van der Waals surface area contributed by atoms with Crippen LogP contribution < -0.4 is 5.32 Å². The Morgan fingerprint density at radius 2 is 2.33 bits per heavy atom. The predicted octanol–water partition coefficient (Wildman–Crippen LogP) is 0.537. The Balaban J connectivity index is 2.39. The highest BCUT2D eigenvalue weighted by molar-refractivity contribution is 6.20. The van der Waals surface area contributed by atoms with Crippen LogP contribution in [0.15, 0.2) is 0 Å². The molecule has 0 aromatic heterocycles. The van der Waals surface area contributed by atoms with E-state index in [2.05, 4.69) is 5.32 Å². The second-order valence-corrected chi connectivity index (χ2v) is 2.54. The van der Waals surface area contributed by atoms with Crippen LogP contribution in [-0.2, 0) is 0 Å². The molecule has 52 valence electrons. The van der Waals surface area contributed by atoms with Crippen molar-refractivity contribution < 1.29 is 4.92 Å². The standard InChI is InChI=1S/C4H7ClN2O2/c5-3-1-2-4(6-3)7(8)9/h3-4,6H,1-2H2. The third kappa shape index (κ3) is 1.53. The van der Waals surface area contributed by atoms with Crippen molar-refractivity contribution in [1.82, 2.24) is 5.32 Å². The quantitative estimate of drug-likeness (QED) is 0.257. The second kappa shape index (κ2) is 2.49. The lowest BCUT2D eigenvalue weighted by Gasteiger charge is -1.99. The summed E-state index contributed by atoms with van der Waals surface area (Å²) in [7, 11) is 0. The molecule has 5 heteroatoms. The highest BCUT2D eigenvalue weighted by Gasteiger charge is 2.29. The first-order chi connectivity index (χ1) is 4.20. The van der Waals surface area contributed by atoms with Gasteiger partial charge in [-0.1, -0.05) is 0 Å². The van der Waals surface area contributed by atoms with Crippen molar-refractivity contribution in [2.24, 2.45) is 0 Å². The third-order valence-electron chi connectivity index (χ3n) is 1.32. The van der Waals surface area contributed by atoms with Crippen LogP contribution in [-0.4, -0.2) is 16.6 Å². The van der Waals surface area contributed by atoms with E-state index < -0.39 is 6.17 Å². The van der Waals surface area contributed by atoms with E-state index in [-0.39, 0.29) is 10.4 Å². The summed E-state index contributed by atoms with van der Waals surface area (Å²) < 4.78 is 0. The van der Waals surface area contributed by atoms with Crippen molar-refractivity contribution in [3.63, 3.8) is 0 Å². The van der Waals surface area contributed by atoms with E-state index in [0.29, 0.717) is 12.8 Å². The van der Waals surface area contributed by atoms with Crippen molar-refractivity contribution in [2.75, 3.05) is 0 Å². The predicted molar refractivity (Wildman–Crippen MR) is 32.8 cm³/mol. The Kier molecular flexibility index (Phi) is 1.87. The molecule has 1 aliphatic heterocycles. The average molecular weight is 151 g/mol. The first-order valence-corrected chi connectivity index (χ1v) is 3.17. The normalized spacial score (nSPS) is 34.8. The molecule has 0 aliphatic carbocycles. The fourth-order valence-corrected chi connectivity index (χ4v) is 1.12. The first-order valence-electron chi connectivity index (χ1n) is 2.74. The molecular formula is C4H7ClN2O2. The number of nitrogens with zero attached hydrogens (tertiary/aromatic N) is 1. The second-order valence-electron chi connectivity index (χ2n) is 2.01. The summed E-state index contributed by atoms with van der Waals surface area (Å²) in [5.74, 6) is 0. The lowest BCUT2D eigenvalue weighted by Crippen LogP contribution is -2.32. The van der Waals surface area contributed by atoms with E-state index in [1.807, 2.05) is 0 Å². The molecule has 1 aliphatic rings. The molecular weight excluding hydrogens is 144 g/mol. The number of alkyl halides is 1. The van der Waals surface area contributed by atoms with Gasteiger partial charge in [0, 0.05) is 11.3 Å². The van der Waals surface area contributed by atoms with Crippen LogP contribution in [0.4, 0.5) is 0 Å². The van der Waals surface area contributed by atoms with Crippen molar-refractivity contribution >= 4 is 11.6 Å². The van der Waals surface area contributed by atoms with Gasteiger partial charge in [0.25, 0.3) is 6.17 Å². The van der Waals surface area contributed by atoms with Crippen LogP contribution in [0.3, 0.4) is 0 Å². The number of hydrogen-bond donors (Lipinski definition) is 1. The topological polar surface area (TPSA) is 55.2 Å². The van der Waals surface area contributed by atoms with Gasteiger partial charge < -0.3 is 0 Å². The lowest BCUT2D eigenvalue weighted by atomic mass is 10.3. The maximum absolute atomic E-state index is 10.0. The number of hydrogen-bond acceptors (Lipinski definition) is 3. The minimum absolute atomic E-state index is 0.208. The maximum atomic E-state index is 10.0.